The molecule has 0 aromatic heterocycles. The molecule has 0 heterocycles. The van der Waals surface area contributed by atoms with Gasteiger partial charge >= 0.3 is 5.97 Å². The largest absolute Gasteiger partial charge is 0.462 e. The van der Waals surface area contributed by atoms with Crippen molar-refractivity contribution in [3.63, 3.8) is 0 Å². The average molecular weight is 902 g/mol. The molecule has 0 aliphatic heterocycles. The molecule has 370 valence electrons. The van der Waals surface area contributed by atoms with Crippen molar-refractivity contribution in [3.8, 4) is 0 Å². The van der Waals surface area contributed by atoms with Gasteiger partial charge in [-0.2, -0.15) is 0 Å². The number of allylic oxidation sites excluding steroid dienone is 18. The molecule has 3 atom stereocenters. The van der Waals surface area contributed by atoms with Gasteiger partial charge in [0.2, 0.25) is 5.91 Å². The van der Waals surface area contributed by atoms with Gasteiger partial charge in [0.25, 0.3) is 0 Å². The third-order valence-corrected chi connectivity index (χ3v) is 11.5. The lowest BCUT2D eigenvalue weighted by Crippen LogP contribution is -2.46. The van der Waals surface area contributed by atoms with Gasteiger partial charge in [0.1, 0.15) is 6.10 Å². The van der Waals surface area contributed by atoms with E-state index in [1.54, 1.807) is 0 Å². The summed E-state index contributed by atoms with van der Waals surface area (Å²) in [6.45, 7) is 6.24. The van der Waals surface area contributed by atoms with E-state index in [1.807, 2.05) is 48.6 Å². The summed E-state index contributed by atoms with van der Waals surface area (Å²) in [6.07, 6.45) is 70.0. The number of nitrogens with one attached hydrogen (secondary N) is 1. The maximum absolute atomic E-state index is 13.2. The highest BCUT2D eigenvalue weighted by Gasteiger charge is 2.24. The number of ether oxygens (including phenoxy) is 1. The van der Waals surface area contributed by atoms with Crippen LogP contribution < -0.4 is 5.32 Å². The molecule has 6 heteroatoms. The van der Waals surface area contributed by atoms with Gasteiger partial charge in [0.15, 0.2) is 0 Å². The van der Waals surface area contributed by atoms with Gasteiger partial charge in [0, 0.05) is 6.42 Å². The van der Waals surface area contributed by atoms with E-state index in [0.717, 1.165) is 96.3 Å². The normalized spacial score (nSPS) is 14.1. The minimum atomic E-state index is -0.811. The van der Waals surface area contributed by atoms with Crippen molar-refractivity contribution < 1.29 is 24.5 Å². The first-order valence-corrected chi connectivity index (χ1v) is 26.7. The zero-order valence-electron chi connectivity index (χ0n) is 42.1. The van der Waals surface area contributed by atoms with E-state index in [0.29, 0.717) is 19.3 Å². The van der Waals surface area contributed by atoms with E-state index in [9.17, 15) is 19.8 Å². The Morgan fingerprint density at radius 1 is 0.462 bits per heavy atom. The SMILES string of the molecule is CC/C=C/C=C/C=C/C=C\CCCCCC(CC(=O)NC(CO)C(O)CCCCCCCCCCCCCCCCC)OC(=O)CCCCCCC/C=C/C=C/C=C/C=C/C=C/CCC. The number of unbranched alkanes of at least 4 members (excludes halogenated alkanes) is 23. The Hall–Kier alpha value is -3.48. The molecular weight excluding hydrogens is 803 g/mol. The Morgan fingerprint density at radius 3 is 1.34 bits per heavy atom. The highest BCUT2D eigenvalue weighted by atomic mass is 16.5. The summed E-state index contributed by atoms with van der Waals surface area (Å²) in [5, 5.41) is 23.8. The van der Waals surface area contributed by atoms with Crippen LogP contribution in [-0.4, -0.2) is 46.9 Å². The standard InChI is InChI=1S/C59H99NO5/c1-4-7-10-13-16-19-22-25-27-28-29-31-34-37-40-43-46-49-52-59(64)65-55(50-47-44-41-38-35-32-24-21-18-15-12-9-6-3)53-58(63)60-56(54-61)57(62)51-48-45-42-39-36-33-30-26-23-20-17-14-11-8-5-2/h9-10,12-13,15-16,18-19,21-22,24-25,27-29,31-32,35,55-57,61-62H,4-8,11,14,17,20,23,26,30,33-34,36-54H2,1-3H3,(H,60,63)/b12-9+,13-10+,18-15+,19-16+,24-21+,25-22+,28-27+,31-29+,35-32-. The molecule has 0 aliphatic rings. The number of carbonyl (C=O) groups excluding carboxylic acids is 2. The molecule has 0 aliphatic carbocycles. The summed E-state index contributed by atoms with van der Waals surface area (Å²) in [7, 11) is 0. The molecule has 0 aromatic carbocycles. The van der Waals surface area contributed by atoms with Gasteiger partial charge in [-0.3, -0.25) is 9.59 Å². The summed E-state index contributed by atoms with van der Waals surface area (Å²) in [4.78, 5) is 26.2. The smallest absolute Gasteiger partial charge is 0.306 e. The number of hydrogen-bond donors (Lipinski definition) is 3. The molecule has 0 radical (unpaired) electrons. The molecule has 0 saturated heterocycles. The summed E-state index contributed by atoms with van der Waals surface area (Å²) < 4.78 is 5.91. The molecule has 0 aromatic rings. The predicted molar refractivity (Wildman–Crippen MR) is 282 cm³/mol. The fourth-order valence-electron chi connectivity index (χ4n) is 7.53. The predicted octanol–water partition coefficient (Wildman–Crippen LogP) is 16.3. The lowest BCUT2D eigenvalue weighted by Gasteiger charge is -2.24. The second kappa shape index (κ2) is 51.5. The number of esters is 1. The molecule has 0 saturated carbocycles. The van der Waals surface area contributed by atoms with Crippen LogP contribution in [0.1, 0.15) is 226 Å². The van der Waals surface area contributed by atoms with E-state index >= 15 is 0 Å². The molecule has 1 amide bonds. The van der Waals surface area contributed by atoms with Crippen molar-refractivity contribution >= 4 is 11.9 Å². The van der Waals surface area contributed by atoms with Crippen LogP contribution in [0.3, 0.4) is 0 Å². The maximum Gasteiger partial charge on any atom is 0.306 e. The van der Waals surface area contributed by atoms with Gasteiger partial charge in [-0.1, -0.05) is 259 Å². The average Bonchev–Trinajstić information content (AvgIpc) is 3.30. The zero-order valence-corrected chi connectivity index (χ0v) is 42.1. The van der Waals surface area contributed by atoms with Crippen molar-refractivity contribution in [2.24, 2.45) is 0 Å². The van der Waals surface area contributed by atoms with E-state index < -0.39 is 18.2 Å². The monoisotopic (exact) mass is 902 g/mol. The highest BCUT2D eigenvalue weighted by molar-refractivity contribution is 5.77. The van der Waals surface area contributed by atoms with Crippen molar-refractivity contribution in [1.29, 1.82) is 0 Å². The molecule has 0 fully saturated rings. The Balaban J connectivity index is 4.67. The summed E-state index contributed by atoms with van der Waals surface area (Å²) in [5.41, 5.74) is 0. The molecule has 3 unspecified atom stereocenters. The molecule has 6 nitrogen and oxygen atoms in total. The van der Waals surface area contributed by atoms with Crippen LogP contribution in [0, 0.1) is 0 Å². The minimum absolute atomic E-state index is 0.0341. The van der Waals surface area contributed by atoms with Crippen LogP contribution in [0.5, 0.6) is 0 Å². The maximum atomic E-state index is 13.2. The highest BCUT2D eigenvalue weighted by Crippen LogP contribution is 2.17. The lowest BCUT2D eigenvalue weighted by atomic mass is 10.0. The number of amides is 1. The number of hydrogen-bond acceptors (Lipinski definition) is 5. The van der Waals surface area contributed by atoms with Gasteiger partial charge in [-0.15, -0.1) is 0 Å². The first-order valence-electron chi connectivity index (χ1n) is 26.7. The van der Waals surface area contributed by atoms with Gasteiger partial charge < -0.3 is 20.3 Å². The van der Waals surface area contributed by atoms with E-state index in [4.69, 9.17) is 4.74 Å². The number of rotatable bonds is 46. The lowest BCUT2D eigenvalue weighted by molar-refractivity contribution is -0.151. The van der Waals surface area contributed by atoms with Crippen LogP contribution in [0.2, 0.25) is 0 Å². The number of aliphatic hydroxyl groups is 2. The van der Waals surface area contributed by atoms with Crippen molar-refractivity contribution in [3.05, 3.63) is 109 Å². The molecule has 0 bridgehead atoms. The van der Waals surface area contributed by atoms with Crippen molar-refractivity contribution in [2.75, 3.05) is 6.61 Å². The third-order valence-electron chi connectivity index (χ3n) is 11.5. The molecule has 65 heavy (non-hydrogen) atoms. The Morgan fingerprint density at radius 2 is 0.862 bits per heavy atom. The second-order valence-electron chi connectivity index (χ2n) is 17.8. The van der Waals surface area contributed by atoms with Crippen LogP contribution in [0.15, 0.2) is 109 Å². The van der Waals surface area contributed by atoms with Crippen molar-refractivity contribution in [2.45, 2.75) is 244 Å². The zero-order chi connectivity index (χ0) is 47.4. The van der Waals surface area contributed by atoms with Crippen LogP contribution >= 0.6 is 0 Å². The fraction of sp³-hybridized carbons (Fsp3) is 0.661. The first-order chi connectivity index (χ1) is 32.0. The van der Waals surface area contributed by atoms with Crippen molar-refractivity contribution in [1.82, 2.24) is 5.32 Å². The molecule has 0 rings (SSSR count). The second-order valence-corrected chi connectivity index (χ2v) is 17.8. The molecule has 0 spiro atoms. The van der Waals surface area contributed by atoms with E-state index in [2.05, 4.69) is 86.8 Å². The van der Waals surface area contributed by atoms with Crippen LogP contribution in [-0.2, 0) is 14.3 Å². The topological polar surface area (TPSA) is 95.9 Å². The van der Waals surface area contributed by atoms with Crippen LogP contribution in [0.25, 0.3) is 0 Å². The summed E-state index contributed by atoms with van der Waals surface area (Å²) in [5.74, 6) is -0.550. The summed E-state index contributed by atoms with van der Waals surface area (Å²) in [6, 6.07) is -0.728. The number of carbonyl (C=O) groups is 2. The third kappa shape index (κ3) is 46.8. The van der Waals surface area contributed by atoms with Crippen LogP contribution in [0.4, 0.5) is 0 Å². The van der Waals surface area contributed by atoms with Gasteiger partial charge in [0.05, 0.1) is 25.2 Å². The first kappa shape index (κ1) is 61.5. The minimum Gasteiger partial charge on any atom is -0.462 e. The van der Waals surface area contributed by atoms with E-state index in [1.165, 1.54) is 83.5 Å². The fourth-order valence-corrected chi connectivity index (χ4v) is 7.53. The Bertz CT molecular complexity index is 1330. The summed E-state index contributed by atoms with van der Waals surface area (Å²) >= 11 is 0. The Labute approximate surface area is 400 Å². The number of aliphatic hydroxyl groups excluding tert-OH is 2. The van der Waals surface area contributed by atoms with Gasteiger partial charge in [-0.05, 0) is 64.2 Å². The molecule has 3 N–H and O–H groups in total. The van der Waals surface area contributed by atoms with Gasteiger partial charge in [-0.25, -0.2) is 0 Å². The van der Waals surface area contributed by atoms with E-state index in [-0.39, 0.29) is 24.9 Å². The quantitative estimate of drug-likeness (QED) is 0.0321. The molecular formula is C59H99NO5. The Kier molecular flexibility index (Phi) is 48.7.